The lowest BCUT2D eigenvalue weighted by Crippen LogP contribution is -2.34. The van der Waals surface area contributed by atoms with E-state index in [0.717, 1.165) is 32.3 Å². The molecule has 6 nitrogen and oxygen atoms in total. The van der Waals surface area contributed by atoms with Crippen molar-refractivity contribution in [3.8, 4) is 6.07 Å². The van der Waals surface area contributed by atoms with E-state index in [0.29, 0.717) is 36.7 Å². The summed E-state index contributed by atoms with van der Waals surface area (Å²) in [4.78, 5) is 0. The number of rotatable bonds is 12. The van der Waals surface area contributed by atoms with Crippen LogP contribution in [0.15, 0.2) is 0 Å². The summed E-state index contributed by atoms with van der Waals surface area (Å²) in [7, 11) is 1.59. The molecule has 0 radical (unpaired) electrons. The van der Waals surface area contributed by atoms with Gasteiger partial charge in [-0.3, -0.25) is 0 Å². The molecule has 0 aliphatic heterocycles. The van der Waals surface area contributed by atoms with Crippen molar-refractivity contribution in [3.05, 3.63) is 0 Å². The number of nitriles is 1. The maximum atomic E-state index is 8.78. The predicted octanol–water partition coefficient (Wildman–Crippen LogP) is 5.44. The van der Waals surface area contributed by atoms with Gasteiger partial charge >= 0.3 is 0 Å². The summed E-state index contributed by atoms with van der Waals surface area (Å²) >= 11 is 0. The molecular weight excluding hydrogens is 370 g/mol. The molecule has 0 bridgehead atoms. The van der Waals surface area contributed by atoms with Gasteiger partial charge in [-0.1, -0.05) is 0 Å². The van der Waals surface area contributed by atoms with Crippen LogP contribution in [-0.2, 0) is 18.1 Å². The van der Waals surface area contributed by atoms with Gasteiger partial charge in [-0.25, -0.2) is 4.67 Å². The number of hydrogen-bond donors (Lipinski definition) is 0. The van der Waals surface area contributed by atoms with Crippen molar-refractivity contribution in [2.75, 3.05) is 27.4 Å². The van der Waals surface area contributed by atoms with E-state index < -0.39 is 16.9 Å². The second kappa shape index (κ2) is 13.3. The van der Waals surface area contributed by atoms with Gasteiger partial charge in [0.05, 0.1) is 25.7 Å². The van der Waals surface area contributed by atoms with Crippen LogP contribution in [0.3, 0.4) is 0 Å². The number of nitrogens with zero attached hydrogens (tertiary/aromatic N) is 2. The summed E-state index contributed by atoms with van der Waals surface area (Å²) < 4.78 is 25.5. The Labute approximate surface area is 162 Å². The zero-order valence-electron chi connectivity index (χ0n) is 17.2. The molecule has 0 N–H and O–H groups in total. The molecule has 1 unspecified atom stereocenters. The second-order valence-corrected chi connectivity index (χ2v) is 10.7. The van der Waals surface area contributed by atoms with Crippen molar-refractivity contribution in [2.45, 2.75) is 77.5 Å². The molecule has 26 heavy (non-hydrogen) atoms. The minimum absolute atomic E-state index is 0.339. The molecular formula is C18H36N2O4P2. The van der Waals surface area contributed by atoms with Gasteiger partial charge in [-0.15, -0.1) is 0 Å². The second-order valence-electron chi connectivity index (χ2n) is 7.17. The highest BCUT2D eigenvalue weighted by molar-refractivity contribution is 7.48. The molecule has 0 aromatic heterocycles. The Morgan fingerprint density at radius 2 is 1.58 bits per heavy atom. The van der Waals surface area contributed by atoms with Crippen molar-refractivity contribution in [3.63, 3.8) is 0 Å². The summed E-state index contributed by atoms with van der Waals surface area (Å²) in [6, 6.07) is 2.82. The van der Waals surface area contributed by atoms with E-state index in [1.165, 1.54) is 0 Å². The van der Waals surface area contributed by atoms with Crippen LogP contribution in [0.25, 0.3) is 0 Å². The third-order valence-electron chi connectivity index (χ3n) is 4.56. The van der Waals surface area contributed by atoms with Gasteiger partial charge in [-0.2, -0.15) is 5.26 Å². The van der Waals surface area contributed by atoms with E-state index in [2.05, 4.69) is 38.4 Å². The highest BCUT2D eigenvalue weighted by atomic mass is 31.2. The molecule has 1 saturated carbocycles. The van der Waals surface area contributed by atoms with E-state index in [-0.39, 0.29) is 0 Å². The fraction of sp³-hybridized carbons (Fsp3) is 0.944. The lowest BCUT2D eigenvalue weighted by molar-refractivity contribution is 0.145. The average molecular weight is 406 g/mol. The van der Waals surface area contributed by atoms with Crippen LogP contribution in [0.2, 0.25) is 0 Å². The van der Waals surface area contributed by atoms with Crippen molar-refractivity contribution < 1.29 is 18.1 Å². The Balaban J connectivity index is 2.54. The molecule has 1 aliphatic carbocycles. The van der Waals surface area contributed by atoms with E-state index in [9.17, 15) is 0 Å². The average Bonchev–Trinajstić information content (AvgIpc) is 2.61. The van der Waals surface area contributed by atoms with Gasteiger partial charge in [0.25, 0.3) is 8.53 Å². The van der Waals surface area contributed by atoms with Gasteiger partial charge in [0, 0.05) is 32.0 Å². The van der Waals surface area contributed by atoms with Crippen molar-refractivity contribution in [1.29, 1.82) is 5.26 Å². The Bertz CT molecular complexity index is 400. The normalized spacial score (nSPS) is 22.3. The zero-order valence-corrected chi connectivity index (χ0v) is 19.0. The third-order valence-corrected chi connectivity index (χ3v) is 8.46. The first kappa shape index (κ1) is 24.2. The van der Waals surface area contributed by atoms with Crippen molar-refractivity contribution in [2.24, 2.45) is 5.92 Å². The van der Waals surface area contributed by atoms with Gasteiger partial charge in [0.2, 0.25) is 0 Å². The topological polar surface area (TPSA) is 64.0 Å². The first-order valence-corrected chi connectivity index (χ1v) is 11.9. The van der Waals surface area contributed by atoms with E-state index >= 15 is 0 Å². The quantitative estimate of drug-likeness (QED) is 0.318. The standard InChI is InChI=1S/C18H36N2O4P2/c1-15(2)20(16(3)4)26(23-13-7-12-19)24-14-17-8-10-18(11-9-17)25(21-5)22-6/h15-18H,7-11,13-14H2,1-6H3. The van der Waals surface area contributed by atoms with Gasteiger partial charge in [0.1, 0.15) is 0 Å². The molecule has 0 amide bonds. The molecule has 1 aliphatic rings. The fourth-order valence-corrected chi connectivity index (χ4v) is 6.52. The smallest absolute Gasteiger partial charge is 0.259 e. The highest BCUT2D eigenvalue weighted by Gasteiger charge is 2.31. The number of hydrogen-bond acceptors (Lipinski definition) is 6. The Morgan fingerprint density at radius 1 is 1.00 bits per heavy atom. The molecule has 0 saturated heterocycles. The molecule has 152 valence electrons. The molecule has 1 fully saturated rings. The fourth-order valence-electron chi connectivity index (χ4n) is 3.38. The lowest BCUT2D eigenvalue weighted by Gasteiger charge is -2.37. The lowest BCUT2D eigenvalue weighted by atomic mass is 9.90. The Morgan fingerprint density at radius 3 is 2.04 bits per heavy atom. The van der Waals surface area contributed by atoms with Crippen molar-refractivity contribution in [1.82, 2.24) is 4.67 Å². The molecule has 0 heterocycles. The van der Waals surface area contributed by atoms with Crippen LogP contribution in [0.1, 0.15) is 59.8 Å². The first-order valence-electron chi connectivity index (χ1n) is 9.53. The molecule has 1 rings (SSSR count). The van der Waals surface area contributed by atoms with E-state index in [1.807, 2.05) is 0 Å². The van der Waals surface area contributed by atoms with Crippen LogP contribution < -0.4 is 0 Å². The van der Waals surface area contributed by atoms with Gasteiger partial charge in [-0.05, 0) is 59.3 Å². The van der Waals surface area contributed by atoms with Crippen molar-refractivity contribution >= 4 is 16.9 Å². The van der Waals surface area contributed by atoms with Gasteiger partial charge < -0.3 is 18.1 Å². The van der Waals surface area contributed by atoms with Crippen LogP contribution in [0.4, 0.5) is 0 Å². The minimum atomic E-state index is -1.13. The molecule has 0 spiro atoms. The van der Waals surface area contributed by atoms with Crippen LogP contribution >= 0.6 is 16.9 Å². The highest BCUT2D eigenvalue weighted by Crippen LogP contribution is 2.50. The largest absolute Gasteiger partial charge is 0.337 e. The Kier molecular flexibility index (Phi) is 12.4. The summed E-state index contributed by atoms with van der Waals surface area (Å²) in [5, 5.41) is 8.78. The summed E-state index contributed by atoms with van der Waals surface area (Å²) in [5.74, 6) is 0.558. The molecule has 1 atom stereocenters. The maximum absolute atomic E-state index is 8.78. The van der Waals surface area contributed by atoms with E-state index in [4.69, 9.17) is 23.4 Å². The molecule has 0 aromatic rings. The van der Waals surface area contributed by atoms with Crippen LogP contribution in [-0.4, -0.2) is 49.8 Å². The Hall–Kier alpha value is 0.150. The van der Waals surface area contributed by atoms with E-state index in [1.54, 1.807) is 14.2 Å². The predicted molar refractivity (Wildman–Crippen MR) is 108 cm³/mol. The SMILES string of the molecule is COP(OC)C1CCC(COP(OCCC#N)N(C(C)C)C(C)C)CC1. The molecule has 8 heteroatoms. The maximum Gasteiger partial charge on any atom is 0.259 e. The summed E-state index contributed by atoms with van der Waals surface area (Å²) in [6.45, 7) is 9.80. The molecule has 0 aromatic carbocycles. The monoisotopic (exact) mass is 406 g/mol. The van der Waals surface area contributed by atoms with Crippen LogP contribution in [0, 0.1) is 17.2 Å². The third kappa shape index (κ3) is 8.03. The summed E-state index contributed by atoms with van der Waals surface area (Å²) in [5.41, 5.74) is 0.535. The zero-order chi connectivity index (χ0) is 19.5. The van der Waals surface area contributed by atoms with Gasteiger partial charge in [0.15, 0.2) is 8.38 Å². The minimum Gasteiger partial charge on any atom is -0.337 e. The summed E-state index contributed by atoms with van der Waals surface area (Å²) in [6.07, 6.45) is 4.94. The van der Waals surface area contributed by atoms with Crippen LogP contribution in [0.5, 0.6) is 0 Å². The first-order chi connectivity index (χ1) is 12.4.